The molecular weight excluding hydrogens is 456 g/mol. The van der Waals surface area contributed by atoms with E-state index in [0.29, 0.717) is 25.2 Å². The van der Waals surface area contributed by atoms with E-state index in [1.54, 1.807) is 19.1 Å². The van der Waals surface area contributed by atoms with Crippen LogP contribution in [0.4, 0.5) is 11.4 Å². The summed E-state index contributed by atoms with van der Waals surface area (Å²) in [6.45, 7) is 11.0. The predicted molar refractivity (Wildman–Crippen MR) is 143 cm³/mol. The number of hydrogen-bond acceptors (Lipinski definition) is 6. The summed E-state index contributed by atoms with van der Waals surface area (Å²) in [5.74, 6) is 0.464. The van der Waals surface area contributed by atoms with Crippen molar-refractivity contribution in [3.63, 3.8) is 0 Å². The van der Waals surface area contributed by atoms with E-state index >= 15 is 0 Å². The van der Waals surface area contributed by atoms with E-state index in [0.717, 1.165) is 29.0 Å². The average molecular weight is 497 g/mol. The van der Waals surface area contributed by atoms with Gasteiger partial charge in [-0.05, 0) is 69.5 Å². The highest BCUT2D eigenvalue weighted by molar-refractivity contribution is 5.96. The van der Waals surface area contributed by atoms with Gasteiger partial charge in [0.05, 0.1) is 19.9 Å². The van der Waals surface area contributed by atoms with Crippen molar-refractivity contribution in [1.82, 2.24) is 10.2 Å². The third kappa shape index (κ3) is 6.10. The van der Waals surface area contributed by atoms with Crippen LogP contribution in [-0.2, 0) is 21.0 Å². The standard InChI is InChI=1S/C28H40N4O4/c1-8-16-31-23(9-2)27(34)32(18-19-10-13-21(35-6)14-11-19)25(26(33)29-28(3,4)5)22-17-20(30-36-7)12-15-24(22)31/h10-15,17,23,25,30H,8-9,16,18H2,1-7H3,(H,29,33). The van der Waals surface area contributed by atoms with Gasteiger partial charge in [0, 0.05) is 29.9 Å². The lowest BCUT2D eigenvalue weighted by Gasteiger charge is -2.34. The second-order valence-electron chi connectivity index (χ2n) is 10.2. The fraction of sp³-hybridized carbons (Fsp3) is 0.500. The zero-order valence-electron chi connectivity index (χ0n) is 22.6. The maximum absolute atomic E-state index is 14.2. The summed E-state index contributed by atoms with van der Waals surface area (Å²) in [5, 5.41) is 3.12. The minimum absolute atomic E-state index is 0.0618. The number of carbonyl (C=O) groups is 2. The average Bonchev–Trinajstić information content (AvgIpc) is 2.91. The number of ether oxygens (including phenoxy) is 1. The summed E-state index contributed by atoms with van der Waals surface area (Å²) < 4.78 is 5.30. The molecule has 0 saturated carbocycles. The Morgan fingerprint density at radius 1 is 1.03 bits per heavy atom. The molecule has 0 aliphatic carbocycles. The molecular formula is C28H40N4O4. The van der Waals surface area contributed by atoms with E-state index in [2.05, 4.69) is 22.6 Å². The third-order valence-electron chi connectivity index (χ3n) is 6.22. The van der Waals surface area contributed by atoms with Crippen LogP contribution in [0.5, 0.6) is 5.75 Å². The molecule has 2 N–H and O–H groups in total. The number of anilines is 2. The van der Waals surface area contributed by atoms with Crippen LogP contribution in [0.2, 0.25) is 0 Å². The number of amides is 2. The van der Waals surface area contributed by atoms with Crippen molar-refractivity contribution < 1.29 is 19.2 Å². The fourth-order valence-corrected chi connectivity index (χ4v) is 4.73. The van der Waals surface area contributed by atoms with Crippen LogP contribution in [0.3, 0.4) is 0 Å². The lowest BCUT2D eigenvalue weighted by atomic mass is 9.98. The summed E-state index contributed by atoms with van der Waals surface area (Å²) in [6.07, 6.45) is 1.50. The largest absolute Gasteiger partial charge is 0.497 e. The number of methoxy groups -OCH3 is 1. The Bertz CT molecular complexity index is 1050. The topological polar surface area (TPSA) is 83.1 Å². The van der Waals surface area contributed by atoms with Crippen molar-refractivity contribution in [3.8, 4) is 5.75 Å². The van der Waals surface area contributed by atoms with Crippen molar-refractivity contribution in [3.05, 3.63) is 53.6 Å². The smallest absolute Gasteiger partial charge is 0.247 e. The molecule has 0 saturated heterocycles. The monoisotopic (exact) mass is 496 g/mol. The van der Waals surface area contributed by atoms with Gasteiger partial charge in [0.1, 0.15) is 17.8 Å². The Morgan fingerprint density at radius 2 is 1.72 bits per heavy atom. The summed E-state index contributed by atoms with van der Waals surface area (Å²) in [4.78, 5) is 37.1. The first-order valence-corrected chi connectivity index (χ1v) is 12.6. The van der Waals surface area contributed by atoms with Gasteiger partial charge in [-0.2, -0.15) is 0 Å². The van der Waals surface area contributed by atoms with E-state index < -0.39 is 11.6 Å². The molecule has 8 nitrogen and oxygen atoms in total. The highest BCUT2D eigenvalue weighted by Gasteiger charge is 2.42. The van der Waals surface area contributed by atoms with Crippen molar-refractivity contribution in [2.24, 2.45) is 0 Å². The summed E-state index contributed by atoms with van der Waals surface area (Å²) >= 11 is 0. The normalized spacial score (nSPS) is 17.9. The first kappa shape index (κ1) is 27.3. The molecule has 0 radical (unpaired) electrons. The first-order valence-electron chi connectivity index (χ1n) is 12.6. The molecule has 2 atom stereocenters. The van der Waals surface area contributed by atoms with Crippen molar-refractivity contribution in [2.45, 2.75) is 71.6 Å². The lowest BCUT2D eigenvalue weighted by Crippen LogP contribution is -2.51. The van der Waals surface area contributed by atoms with Crippen LogP contribution in [0.15, 0.2) is 42.5 Å². The molecule has 196 valence electrons. The lowest BCUT2D eigenvalue weighted by molar-refractivity contribution is -0.142. The summed E-state index contributed by atoms with van der Waals surface area (Å²) in [6, 6.07) is 12.2. The Kier molecular flexibility index (Phi) is 8.84. The number of benzene rings is 2. The SMILES string of the molecule is CCCN1c2ccc(NOC)cc2C(C(=O)NC(C)(C)C)N(Cc2ccc(OC)cc2)C(=O)C1CC. The van der Waals surface area contributed by atoms with Gasteiger partial charge in [0.15, 0.2) is 0 Å². The molecule has 3 rings (SSSR count). The maximum atomic E-state index is 14.2. The van der Waals surface area contributed by atoms with Gasteiger partial charge in [-0.15, -0.1) is 0 Å². The van der Waals surface area contributed by atoms with Crippen LogP contribution < -0.4 is 20.4 Å². The number of fused-ring (bicyclic) bond motifs is 1. The molecule has 2 unspecified atom stereocenters. The van der Waals surface area contributed by atoms with E-state index in [4.69, 9.17) is 9.57 Å². The van der Waals surface area contributed by atoms with E-state index in [1.807, 2.05) is 70.2 Å². The molecule has 1 heterocycles. The summed E-state index contributed by atoms with van der Waals surface area (Å²) in [5.41, 5.74) is 5.71. The van der Waals surface area contributed by atoms with Gasteiger partial charge in [-0.25, -0.2) is 0 Å². The number of rotatable bonds is 9. The van der Waals surface area contributed by atoms with Crippen molar-refractivity contribution in [2.75, 3.05) is 31.1 Å². The van der Waals surface area contributed by atoms with E-state index in [-0.39, 0.29) is 17.9 Å². The second kappa shape index (κ2) is 11.6. The maximum Gasteiger partial charge on any atom is 0.247 e. The van der Waals surface area contributed by atoms with Crippen LogP contribution in [0.25, 0.3) is 0 Å². The summed E-state index contributed by atoms with van der Waals surface area (Å²) in [7, 11) is 3.17. The molecule has 8 heteroatoms. The van der Waals surface area contributed by atoms with Gasteiger partial charge in [0.2, 0.25) is 11.8 Å². The van der Waals surface area contributed by atoms with Gasteiger partial charge in [0.25, 0.3) is 0 Å². The zero-order chi connectivity index (χ0) is 26.5. The van der Waals surface area contributed by atoms with E-state index in [9.17, 15) is 9.59 Å². The Hall–Kier alpha value is -3.26. The van der Waals surface area contributed by atoms with Gasteiger partial charge in [-0.3, -0.25) is 19.9 Å². The first-order chi connectivity index (χ1) is 17.1. The van der Waals surface area contributed by atoms with Crippen LogP contribution in [0, 0.1) is 0 Å². The van der Waals surface area contributed by atoms with Crippen LogP contribution in [-0.4, -0.2) is 49.1 Å². The second-order valence-corrected chi connectivity index (χ2v) is 10.2. The Balaban J connectivity index is 2.22. The molecule has 1 aliphatic heterocycles. The minimum Gasteiger partial charge on any atom is -0.497 e. The van der Waals surface area contributed by atoms with Crippen molar-refractivity contribution in [1.29, 1.82) is 0 Å². The number of carbonyl (C=O) groups excluding carboxylic acids is 2. The Morgan fingerprint density at radius 3 is 2.28 bits per heavy atom. The zero-order valence-corrected chi connectivity index (χ0v) is 22.6. The highest BCUT2D eigenvalue weighted by atomic mass is 16.6. The number of hydrogen-bond donors (Lipinski definition) is 2. The van der Waals surface area contributed by atoms with Crippen molar-refractivity contribution >= 4 is 23.2 Å². The van der Waals surface area contributed by atoms with Gasteiger partial charge >= 0.3 is 0 Å². The van der Waals surface area contributed by atoms with Crippen LogP contribution in [0.1, 0.15) is 64.6 Å². The molecule has 2 amide bonds. The molecule has 36 heavy (non-hydrogen) atoms. The van der Waals surface area contributed by atoms with E-state index in [1.165, 1.54) is 0 Å². The molecule has 2 aromatic rings. The molecule has 1 aliphatic rings. The predicted octanol–water partition coefficient (Wildman–Crippen LogP) is 4.66. The fourth-order valence-electron chi connectivity index (χ4n) is 4.73. The molecule has 0 bridgehead atoms. The molecule has 2 aromatic carbocycles. The highest BCUT2D eigenvalue weighted by Crippen LogP contribution is 2.39. The Labute approximate surface area is 214 Å². The number of nitrogens with one attached hydrogen (secondary N) is 2. The number of nitrogens with zero attached hydrogens (tertiary/aromatic N) is 2. The molecule has 0 spiro atoms. The van der Waals surface area contributed by atoms with Crippen LogP contribution >= 0.6 is 0 Å². The molecule has 0 aromatic heterocycles. The quantitative estimate of drug-likeness (QED) is 0.491. The minimum atomic E-state index is -0.816. The van der Waals surface area contributed by atoms with Gasteiger partial charge in [-0.1, -0.05) is 26.0 Å². The third-order valence-corrected chi connectivity index (χ3v) is 6.22. The van der Waals surface area contributed by atoms with Gasteiger partial charge < -0.3 is 19.9 Å². The molecule has 0 fully saturated rings.